The zero-order valence-electron chi connectivity index (χ0n) is 10.9. The molecule has 2 rings (SSSR count). The number of ether oxygens (including phenoxy) is 1. The number of hydrogen-bond acceptors (Lipinski definition) is 3. The first kappa shape index (κ1) is 13.1. The van der Waals surface area contributed by atoms with Crippen LogP contribution in [0.25, 0.3) is 11.1 Å². The van der Waals surface area contributed by atoms with Gasteiger partial charge in [0.1, 0.15) is 6.61 Å². The van der Waals surface area contributed by atoms with Gasteiger partial charge < -0.3 is 10.1 Å². The van der Waals surface area contributed by atoms with Gasteiger partial charge in [-0.05, 0) is 11.6 Å². The summed E-state index contributed by atoms with van der Waals surface area (Å²) in [6, 6.07) is 18.3. The third kappa shape index (κ3) is 3.85. The molecule has 0 saturated heterocycles. The summed E-state index contributed by atoms with van der Waals surface area (Å²) >= 11 is 0. The first-order chi connectivity index (χ1) is 9.27. The van der Waals surface area contributed by atoms with Crippen molar-refractivity contribution in [3.8, 4) is 11.1 Å². The zero-order chi connectivity index (χ0) is 13.5. The Morgan fingerprint density at radius 3 is 2.47 bits per heavy atom. The number of benzene rings is 2. The normalized spacial score (nSPS) is 9.95. The van der Waals surface area contributed by atoms with E-state index >= 15 is 0 Å². The first-order valence-electron chi connectivity index (χ1n) is 6.29. The molecule has 98 valence electrons. The van der Waals surface area contributed by atoms with Crippen molar-refractivity contribution in [2.24, 2.45) is 0 Å². The summed E-state index contributed by atoms with van der Waals surface area (Å²) in [4.78, 5) is 10.7. The quantitative estimate of drug-likeness (QED) is 0.658. The molecule has 1 N–H and O–H groups in total. The van der Waals surface area contributed by atoms with Crippen LogP contribution >= 0.6 is 0 Å². The number of para-hydroxylation sites is 1. The van der Waals surface area contributed by atoms with Gasteiger partial charge in [-0.1, -0.05) is 48.5 Å². The minimum Gasteiger partial charge on any atom is -0.464 e. The molecule has 0 bridgehead atoms. The van der Waals surface area contributed by atoms with E-state index in [0.29, 0.717) is 13.2 Å². The Morgan fingerprint density at radius 1 is 1.05 bits per heavy atom. The average Bonchev–Trinajstić information content (AvgIpc) is 2.45. The highest BCUT2D eigenvalue weighted by Gasteiger charge is 2.03. The van der Waals surface area contributed by atoms with E-state index in [0.717, 1.165) is 16.8 Å². The molecule has 0 unspecified atom stereocenters. The van der Waals surface area contributed by atoms with Gasteiger partial charge in [-0.25, -0.2) is 0 Å². The summed E-state index contributed by atoms with van der Waals surface area (Å²) in [5, 5.41) is 3.29. The standard InChI is InChI=1S/C16H17NO2/c1-13(18)19-12-11-17-16-10-6-5-9-15(16)14-7-3-2-4-8-14/h2-10,17H,11-12H2,1H3. The van der Waals surface area contributed by atoms with Crippen LogP contribution in [0.2, 0.25) is 0 Å². The third-order valence-corrected chi connectivity index (χ3v) is 2.73. The van der Waals surface area contributed by atoms with Crippen LogP contribution in [0.1, 0.15) is 6.92 Å². The fraction of sp³-hybridized carbons (Fsp3) is 0.188. The maximum absolute atomic E-state index is 10.7. The number of anilines is 1. The van der Waals surface area contributed by atoms with Gasteiger partial charge in [-0.2, -0.15) is 0 Å². The van der Waals surface area contributed by atoms with Gasteiger partial charge in [0.2, 0.25) is 0 Å². The predicted molar refractivity (Wildman–Crippen MR) is 77.0 cm³/mol. The molecule has 2 aromatic rings. The molecule has 0 aliphatic rings. The molecule has 0 fully saturated rings. The summed E-state index contributed by atoms with van der Waals surface area (Å²) in [6.07, 6.45) is 0. The maximum Gasteiger partial charge on any atom is 0.302 e. The summed E-state index contributed by atoms with van der Waals surface area (Å²) in [6.45, 7) is 2.39. The number of rotatable bonds is 5. The lowest BCUT2D eigenvalue weighted by Gasteiger charge is -2.12. The summed E-state index contributed by atoms with van der Waals surface area (Å²) in [5.41, 5.74) is 3.35. The smallest absolute Gasteiger partial charge is 0.302 e. The third-order valence-electron chi connectivity index (χ3n) is 2.73. The van der Waals surface area contributed by atoms with Crippen LogP contribution in [0.15, 0.2) is 54.6 Å². The molecular formula is C16H17NO2. The van der Waals surface area contributed by atoms with Crippen LogP contribution in [-0.4, -0.2) is 19.1 Å². The van der Waals surface area contributed by atoms with Crippen molar-refractivity contribution in [2.75, 3.05) is 18.5 Å². The molecule has 0 aliphatic heterocycles. The molecule has 0 radical (unpaired) electrons. The number of carbonyl (C=O) groups is 1. The molecule has 0 heterocycles. The summed E-state index contributed by atoms with van der Waals surface area (Å²) < 4.78 is 4.91. The molecule has 0 amide bonds. The lowest BCUT2D eigenvalue weighted by atomic mass is 10.0. The lowest BCUT2D eigenvalue weighted by molar-refractivity contribution is -0.140. The minimum atomic E-state index is -0.252. The Bertz CT molecular complexity index is 537. The Balaban J connectivity index is 2.07. The number of esters is 1. The average molecular weight is 255 g/mol. The second kappa shape index (κ2) is 6.59. The Morgan fingerprint density at radius 2 is 1.74 bits per heavy atom. The van der Waals surface area contributed by atoms with Crippen LogP contribution in [0, 0.1) is 0 Å². The van der Waals surface area contributed by atoms with E-state index in [1.54, 1.807) is 0 Å². The molecule has 0 aromatic heterocycles. The Kier molecular flexibility index (Phi) is 4.56. The van der Waals surface area contributed by atoms with E-state index in [9.17, 15) is 4.79 Å². The van der Waals surface area contributed by atoms with E-state index in [4.69, 9.17) is 4.74 Å². The topological polar surface area (TPSA) is 38.3 Å². The lowest BCUT2D eigenvalue weighted by Crippen LogP contribution is -2.12. The minimum absolute atomic E-state index is 0.252. The van der Waals surface area contributed by atoms with Crippen molar-refractivity contribution in [2.45, 2.75) is 6.92 Å². The second-order valence-corrected chi connectivity index (χ2v) is 4.18. The van der Waals surface area contributed by atoms with Gasteiger partial charge in [0.25, 0.3) is 0 Å². The van der Waals surface area contributed by atoms with Crippen LogP contribution < -0.4 is 5.32 Å². The summed E-state index contributed by atoms with van der Waals surface area (Å²) in [7, 11) is 0. The summed E-state index contributed by atoms with van der Waals surface area (Å²) in [5.74, 6) is -0.252. The number of nitrogens with one attached hydrogen (secondary N) is 1. The largest absolute Gasteiger partial charge is 0.464 e. The Labute approximate surface area is 113 Å². The zero-order valence-corrected chi connectivity index (χ0v) is 10.9. The van der Waals surface area contributed by atoms with Crippen molar-refractivity contribution >= 4 is 11.7 Å². The fourth-order valence-corrected chi connectivity index (χ4v) is 1.89. The van der Waals surface area contributed by atoms with Crippen molar-refractivity contribution in [3.05, 3.63) is 54.6 Å². The van der Waals surface area contributed by atoms with Gasteiger partial charge in [-0.15, -0.1) is 0 Å². The van der Waals surface area contributed by atoms with Crippen LogP contribution in [0.4, 0.5) is 5.69 Å². The van der Waals surface area contributed by atoms with Crippen molar-refractivity contribution < 1.29 is 9.53 Å². The molecule has 2 aromatic carbocycles. The van der Waals surface area contributed by atoms with E-state index < -0.39 is 0 Å². The van der Waals surface area contributed by atoms with Gasteiger partial charge in [0.05, 0.1) is 0 Å². The fourth-order valence-electron chi connectivity index (χ4n) is 1.89. The molecule has 19 heavy (non-hydrogen) atoms. The molecule has 0 atom stereocenters. The van der Waals surface area contributed by atoms with E-state index in [-0.39, 0.29) is 5.97 Å². The van der Waals surface area contributed by atoms with Gasteiger partial charge in [0.15, 0.2) is 0 Å². The molecule has 3 heteroatoms. The highest BCUT2D eigenvalue weighted by atomic mass is 16.5. The van der Waals surface area contributed by atoms with E-state index in [2.05, 4.69) is 23.5 Å². The molecule has 0 spiro atoms. The number of hydrogen-bond donors (Lipinski definition) is 1. The maximum atomic E-state index is 10.7. The van der Waals surface area contributed by atoms with E-state index in [1.165, 1.54) is 6.92 Å². The van der Waals surface area contributed by atoms with Gasteiger partial charge >= 0.3 is 5.97 Å². The van der Waals surface area contributed by atoms with Crippen molar-refractivity contribution in [1.29, 1.82) is 0 Å². The van der Waals surface area contributed by atoms with Gasteiger partial charge in [0, 0.05) is 24.7 Å². The highest BCUT2D eigenvalue weighted by Crippen LogP contribution is 2.27. The van der Waals surface area contributed by atoms with Gasteiger partial charge in [-0.3, -0.25) is 4.79 Å². The van der Waals surface area contributed by atoms with Crippen LogP contribution in [0.3, 0.4) is 0 Å². The molecule has 3 nitrogen and oxygen atoms in total. The highest BCUT2D eigenvalue weighted by molar-refractivity contribution is 5.77. The van der Waals surface area contributed by atoms with E-state index in [1.807, 2.05) is 36.4 Å². The SMILES string of the molecule is CC(=O)OCCNc1ccccc1-c1ccccc1. The Hall–Kier alpha value is -2.29. The van der Waals surface area contributed by atoms with Crippen molar-refractivity contribution in [1.82, 2.24) is 0 Å². The van der Waals surface area contributed by atoms with Crippen LogP contribution in [-0.2, 0) is 9.53 Å². The monoisotopic (exact) mass is 255 g/mol. The molecule has 0 aliphatic carbocycles. The second-order valence-electron chi connectivity index (χ2n) is 4.18. The van der Waals surface area contributed by atoms with Crippen LogP contribution in [0.5, 0.6) is 0 Å². The van der Waals surface area contributed by atoms with Crippen molar-refractivity contribution in [3.63, 3.8) is 0 Å². The first-order valence-corrected chi connectivity index (χ1v) is 6.29. The predicted octanol–water partition coefficient (Wildman–Crippen LogP) is 3.33. The molecule has 0 saturated carbocycles. The molecular weight excluding hydrogens is 238 g/mol. The number of carbonyl (C=O) groups excluding carboxylic acids is 1.